The molecule has 1 aliphatic rings. The molecule has 9 nitrogen and oxygen atoms in total. The van der Waals surface area contributed by atoms with E-state index in [1.807, 2.05) is 0 Å². The number of anilines is 1. The van der Waals surface area contributed by atoms with Crippen molar-refractivity contribution in [1.29, 1.82) is 0 Å². The van der Waals surface area contributed by atoms with Crippen LogP contribution in [0, 0.1) is 0 Å². The molecule has 9 heteroatoms. The molecule has 2 heterocycles. The molecule has 0 bridgehead atoms. The van der Waals surface area contributed by atoms with Crippen molar-refractivity contribution in [1.82, 2.24) is 14.9 Å². The molecule has 0 saturated carbocycles. The van der Waals surface area contributed by atoms with Gasteiger partial charge >= 0.3 is 6.03 Å². The highest BCUT2D eigenvalue weighted by Crippen LogP contribution is 2.30. The van der Waals surface area contributed by atoms with Crippen LogP contribution in [0.3, 0.4) is 0 Å². The van der Waals surface area contributed by atoms with Gasteiger partial charge in [-0.15, -0.1) is 0 Å². The lowest BCUT2D eigenvalue weighted by Crippen LogP contribution is -2.46. The number of nitrogens with zero attached hydrogens (tertiary/aromatic N) is 3. The fraction of sp³-hybridized carbons (Fsp3) is 0.421. The summed E-state index contributed by atoms with van der Waals surface area (Å²) >= 11 is 0. The number of methoxy groups -OCH3 is 3. The summed E-state index contributed by atoms with van der Waals surface area (Å²) in [4.78, 5) is 22.6. The van der Waals surface area contributed by atoms with E-state index in [1.54, 1.807) is 37.3 Å². The number of aromatic nitrogens is 2. The highest BCUT2D eigenvalue weighted by molar-refractivity contribution is 5.89. The molecule has 1 atom stereocenters. The Kier molecular flexibility index (Phi) is 6.36. The molecular formula is C19H24N4O5. The molecule has 1 aromatic heterocycles. The van der Waals surface area contributed by atoms with E-state index < -0.39 is 0 Å². The number of hydrogen-bond acceptors (Lipinski definition) is 7. The molecule has 0 aliphatic carbocycles. The Hall–Kier alpha value is -3.23. The minimum atomic E-state index is -0.197. The molecule has 0 radical (unpaired) electrons. The molecule has 2 aromatic rings. The van der Waals surface area contributed by atoms with Crippen molar-refractivity contribution in [2.45, 2.75) is 18.9 Å². The van der Waals surface area contributed by atoms with Gasteiger partial charge in [0.25, 0.3) is 0 Å². The van der Waals surface area contributed by atoms with Gasteiger partial charge in [0.15, 0.2) is 11.5 Å². The number of hydrogen-bond donors (Lipinski definition) is 1. The van der Waals surface area contributed by atoms with Crippen molar-refractivity contribution in [2.75, 3.05) is 39.7 Å². The molecule has 1 unspecified atom stereocenters. The van der Waals surface area contributed by atoms with Crippen molar-refractivity contribution >= 4 is 11.7 Å². The maximum Gasteiger partial charge on any atom is 0.321 e. The average molecular weight is 388 g/mol. The van der Waals surface area contributed by atoms with E-state index in [1.165, 1.54) is 19.5 Å². The minimum absolute atomic E-state index is 0.161. The first kappa shape index (κ1) is 19.5. The summed E-state index contributed by atoms with van der Waals surface area (Å²) in [6.07, 6.45) is 4.55. The Morgan fingerprint density at radius 2 is 1.89 bits per heavy atom. The third-order valence-corrected chi connectivity index (χ3v) is 4.39. The molecule has 0 spiro atoms. The summed E-state index contributed by atoms with van der Waals surface area (Å²) in [5, 5.41) is 2.89. The number of benzene rings is 1. The van der Waals surface area contributed by atoms with Crippen LogP contribution in [-0.4, -0.2) is 61.4 Å². The zero-order valence-corrected chi connectivity index (χ0v) is 16.2. The van der Waals surface area contributed by atoms with Crippen LogP contribution in [0.5, 0.6) is 23.3 Å². The van der Waals surface area contributed by atoms with Crippen molar-refractivity contribution in [3.8, 4) is 23.3 Å². The number of carbonyl (C=O) groups excluding carboxylic acids is 1. The first-order chi connectivity index (χ1) is 13.6. The summed E-state index contributed by atoms with van der Waals surface area (Å²) in [5.74, 6) is 1.92. The summed E-state index contributed by atoms with van der Waals surface area (Å²) in [7, 11) is 4.64. The van der Waals surface area contributed by atoms with Crippen molar-refractivity contribution < 1.29 is 23.7 Å². The standard InChI is InChI=1S/C19H24N4O5/c1-25-15-7-6-13(9-16(15)26-2)21-19(24)23-8-4-5-14(12-23)28-18-11-20-10-17(22-18)27-3/h6-7,9-11,14H,4-5,8,12H2,1-3H3,(H,21,24). The van der Waals surface area contributed by atoms with E-state index in [0.717, 1.165) is 12.8 Å². The Bertz CT molecular complexity index is 817. The number of amides is 2. The Morgan fingerprint density at radius 1 is 1.11 bits per heavy atom. The third kappa shape index (κ3) is 4.73. The number of likely N-dealkylation sites (tertiary alicyclic amines) is 1. The van der Waals surface area contributed by atoms with E-state index in [2.05, 4.69) is 15.3 Å². The fourth-order valence-electron chi connectivity index (χ4n) is 2.99. The zero-order chi connectivity index (χ0) is 19.9. The number of urea groups is 1. The highest BCUT2D eigenvalue weighted by atomic mass is 16.5. The monoisotopic (exact) mass is 388 g/mol. The van der Waals surface area contributed by atoms with Crippen molar-refractivity contribution in [3.05, 3.63) is 30.6 Å². The number of piperidine rings is 1. The smallest absolute Gasteiger partial charge is 0.321 e. The van der Waals surface area contributed by atoms with Gasteiger partial charge in [0.05, 0.1) is 40.3 Å². The number of rotatable bonds is 6. The number of nitrogens with one attached hydrogen (secondary N) is 1. The predicted octanol–water partition coefficient (Wildman–Crippen LogP) is 2.58. The first-order valence-electron chi connectivity index (χ1n) is 8.93. The van der Waals surface area contributed by atoms with Crippen LogP contribution < -0.4 is 24.3 Å². The van der Waals surface area contributed by atoms with Crippen LogP contribution in [0.1, 0.15) is 12.8 Å². The average Bonchev–Trinajstić information content (AvgIpc) is 2.74. The van der Waals surface area contributed by atoms with Gasteiger partial charge in [-0.2, -0.15) is 4.98 Å². The maximum atomic E-state index is 12.7. The predicted molar refractivity (Wildman–Crippen MR) is 102 cm³/mol. The van der Waals surface area contributed by atoms with Crippen LogP contribution in [0.2, 0.25) is 0 Å². The number of carbonyl (C=O) groups is 1. The van der Waals surface area contributed by atoms with Crippen LogP contribution in [0.25, 0.3) is 0 Å². The molecule has 28 heavy (non-hydrogen) atoms. The normalized spacial score (nSPS) is 16.2. The molecule has 1 saturated heterocycles. The lowest BCUT2D eigenvalue weighted by molar-refractivity contribution is 0.101. The Balaban J connectivity index is 1.61. The van der Waals surface area contributed by atoms with Crippen LogP contribution in [0.15, 0.2) is 30.6 Å². The van der Waals surface area contributed by atoms with Crippen LogP contribution in [0.4, 0.5) is 10.5 Å². The molecule has 1 aromatic carbocycles. The molecule has 1 fully saturated rings. The minimum Gasteiger partial charge on any atom is -0.493 e. The highest BCUT2D eigenvalue weighted by Gasteiger charge is 2.25. The van der Waals surface area contributed by atoms with Crippen molar-refractivity contribution in [2.24, 2.45) is 0 Å². The van der Waals surface area contributed by atoms with E-state index in [9.17, 15) is 4.79 Å². The molecular weight excluding hydrogens is 364 g/mol. The number of ether oxygens (including phenoxy) is 4. The molecule has 150 valence electrons. The summed E-state index contributed by atoms with van der Waals surface area (Å²) < 4.78 is 21.4. The van der Waals surface area contributed by atoms with Gasteiger partial charge in [0, 0.05) is 18.3 Å². The van der Waals surface area contributed by atoms with Gasteiger partial charge in [-0.05, 0) is 25.0 Å². The van der Waals surface area contributed by atoms with E-state index >= 15 is 0 Å². The second-order valence-electron chi connectivity index (χ2n) is 6.23. The Morgan fingerprint density at radius 3 is 2.64 bits per heavy atom. The molecule has 2 amide bonds. The molecule has 1 N–H and O–H groups in total. The summed E-state index contributed by atoms with van der Waals surface area (Å²) in [6.45, 7) is 1.11. The quantitative estimate of drug-likeness (QED) is 0.813. The van der Waals surface area contributed by atoms with E-state index in [4.69, 9.17) is 18.9 Å². The fourth-order valence-corrected chi connectivity index (χ4v) is 2.99. The summed E-state index contributed by atoms with van der Waals surface area (Å²) in [6, 6.07) is 5.04. The van der Waals surface area contributed by atoms with Gasteiger partial charge in [-0.25, -0.2) is 4.79 Å². The zero-order valence-electron chi connectivity index (χ0n) is 16.2. The molecule has 3 rings (SSSR count). The Labute approximate surface area is 163 Å². The maximum absolute atomic E-state index is 12.7. The van der Waals surface area contributed by atoms with Gasteiger partial charge in [0.2, 0.25) is 11.8 Å². The topological polar surface area (TPSA) is 95.0 Å². The van der Waals surface area contributed by atoms with E-state index in [-0.39, 0.29) is 12.1 Å². The van der Waals surface area contributed by atoms with Gasteiger partial charge < -0.3 is 29.2 Å². The second kappa shape index (κ2) is 9.12. The van der Waals surface area contributed by atoms with Gasteiger partial charge in [-0.1, -0.05) is 0 Å². The largest absolute Gasteiger partial charge is 0.493 e. The molecule has 1 aliphatic heterocycles. The van der Waals surface area contributed by atoms with Crippen LogP contribution >= 0.6 is 0 Å². The van der Waals surface area contributed by atoms with Crippen molar-refractivity contribution in [3.63, 3.8) is 0 Å². The van der Waals surface area contributed by atoms with E-state index in [0.29, 0.717) is 42.0 Å². The second-order valence-corrected chi connectivity index (χ2v) is 6.23. The van der Waals surface area contributed by atoms with Gasteiger partial charge in [-0.3, -0.25) is 4.98 Å². The van der Waals surface area contributed by atoms with Crippen LogP contribution in [-0.2, 0) is 0 Å². The lowest BCUT2D eigenvalue weighted by atomic mass is 10.1. The summed E-state index contributed by atoms with van der Waals surface area (Å²) in [5.41, 5.74) is 0.629. The first-order valence-corrected chi connectivity index (χ1v) is 8.93. The SMILES string of the molecule is COc1cncc(OC2CCCN(C(=O)Nc3ccc(OC)c(OC)c3)C2)n1. The lowest BCUT2D eigenvalue weighted by Gasteiger charge is -2.32. The third-order valence-electron chi connectivity index (χ3n) is 4.39. The van der Waals surface area contributed by atoms with Gasteiger partial charge in [0.1, 0.15) is 6.10 Å².